The molecule has 4 N–H and O–H groups in total. The molecule has 4 rings (SSSR count). The summed E-state index contributed by atoms with van der Waals surface area (Å²) in [6.07, 6.45) is 3.38. The molecule has 0 radical (unpaired) electrons. The largest absolute Gasteiger partial charge is 0.394 e. The molecular formula is C24H38N8O. The minimum absolute atomic E-state index is 0.118. The molecule has 1 fully saturated rings. The molecule has 180 valence electrons. The van der Waals surface area contributed by atoms with Gasteiger partial charge in [-0.3, -0.25) is 4.68 Å². The molecule has 0 spiro atoms. The SMILES string of the molecule is CC.CC.CCc1c(C)nn2c(N)c(C#N)c(NCCc3cc(C)n(C4(CO)CC4)n3)nc12. The normalized spacial score (nSPS) is 13.4. The minimum atomic E-state index is -0.207. The van der Waals surface area contributed by atoms with Crippen LogP contribution >= 0.6 is 0 Å². The molecular weight excluding hydrogens is 416 g/mol. The van der Waals surface area contributed by atoms with E-state index in [1.165, 1.54) is 0 Å². The highest BCUT2D eigenvalue weighted by atomic mass is 16.3. The molecule has 0 amide bonds. The predicted molar refractivity (Wildman–Crippen MR) is 132 cm³/mol. The number of aliphatic hydroxyl groups is 1. The number of anilines is 2. The Morgan fingerprint density at radius 2 is 1.88 bits per heavy atom. The van der Waals surface area contributed by atoms with Gasteiger partial charge in [0.05, 0.1) is 23.5 Å². The number of hydrogen-bond donors (Lipinski definition) is 3. The average molecular weight is 455 g/mol. The second-order valence-corrected chi connectivity index (χ2v) is 7.73. The fraction of sp³-hybridized carbons (Fsp3) is 0.583. The second kappa shape index (κ2) is 11.1. The number of hydrogen-bond acceptors (Lipinski definition) is 7. The van der Waals surface area contributed by atoms with Gasteiger partial charge in [-0.05, 0) is 39.2 Å². The van der Waals surface area contributed by atoms with Crippen LogP contribution in [0.4, 0.5) is 11.6 Å². The first-order chi connectivity index (χ1) is 15.9. The topological polar surface area (TPSA) is 130 Å². The number of aliphatic hydroxyl groups excluding tert-OH is 1. The van der Waals surface area contributed by atoms with Crippen molar-refractivity contribution in [2.75, 3.05) is 24.2 Å². The first-order valence-corrected chi connectivity index (χ1v) is 11.9. The van der Waals surface area contributed by atoms with Gasteiger partial charge in [0.1, 0.15) is 23.3 Å². The van der Waals surface area contributed by atoms with Crippen LogP contribution in [0.15, 0.2) is 6.07 Å². The van der Waals surface area contributed by atoms with Crippen molar-refractivity contribution in [3.05, 3.63) is 34.3 Å². The highest BCUT2D eigenvalue weighted by Crippen LogP contribution is 2.43. The van der Waals surface area contributed by atoms with Gasteiger partial charge < -0.3 is 16.2 Å². The lowest BCUT2D eigenvalue weighted by Crippen LogP contribution is -2.24. The number of nitrogens with one attached hydrogen (secondary N) is 1. The van der Waals surface area contributed by atoms with Crippen molar-refractivity contribution in [3.8, 4) is 6.07 Å². The van der Waals surface area contributed by atoms with E-state index in [-0.39, 0.29) is 12.1 Å². The van der Waals surface area contributed by atoms with Gasteiger partial charge in [0.25, 0.3) is 0 Å². The van der Waals surface area contributed by atoms with E-state index in [0.717, 1.165) is 41.9 Å². The molecule has 1 saturated carbocycles. The second-order valence-electron chi connectivity index (χ2n) is 7.73. The monoisotopic (exact) mass is 454 g/mol. The van der Waals surface area contributed by atoms with Crippen LogP contribution < -0.4 is 11.1 Å². The molecule has 0 aliphatic heterocycles. The van der Waals surface area contributed by atoms with Crippen LogP contribution in [0.3, 0.4) is 0 Å². The van der Waals surface area contributed by atoms with Crippen LogP contribution in [0.2, 0.25) is 0 Å². The Morgan fingerprint density at radius 3 is 2.42 bits per heavy atom. The first-order valence-electron chi connectivity index (χ1n) is 11.9. The van der Waals surface area contributed by atoms with Crippen LogP contribution in [0.5, 0.6) is 0 Å². The van der Waals surface area contributed by atoms with E-state index in [9.17, 15) is 10.4 Å². The number of nitrogens with two attached hydrogens (primary N) is 1. The van der Waals surface area contributed by atoms with E-state index in [2.05, 4.69) is 26.6 Å². The Kier molecular flexibility index (Phi) is 8.83. The summed E-state index contributed by atoms with van der Waals surface area (Å²) in [5.74, 6) is 0.763. The molecule has 9 nitrogen and oxygen atoms in total. The Hall–Kier alpha value is -3.12. The summed E-state index contributed by atoms with van der Waals surface area (Å²) in [6.45, 7) is 14.7. The van der Waals surface area contributed by atoms with E-state index < -0.39 is 0 Å². The van der Waals surface area contributed by atoms with Crippen molar-refractivity contribution >= 4 is 17.3 Å². The summed E-state index contributed by atoms with van der Waals surface area (Å²) in [6, 6.07) is 4.19. The number of nitrogens with zero attached hydrogens (tertiary/aromatic N) is 6. The van der Waals surface area contributed by atoms with E-state index in [1.54, 1.807) is 4.52 Å². The first kappa shape index (κ1) is 26.1. The van der Waals surface area contributed by atoms with Crippen LogP contribution in [0.25, 0.3) is 5.65 Å². The third kappa shape index (κ3) is 4.96. The van der Waals surface area contributed by atoms with E-state index in [0.29, 0.717) is 35.8 Å². The predicted octanol–water partition coefficient (Wildman–Crippen LogP) is 3.75. The van der Waals surface area contributed by atoms with Gasteiger partial charge >= 0.3 is 0 Å². The molecule has 0 aromatic carbocycles. The summed E-state index contributed by atoms with van der Waals surface area (Å²) in [4.78, 5) is 4.64. The number of nitriles is 1. The maximum absolute atomic E-state index is 9.65. The summed E-state index contributed by atoms with van der Waals surface area (Å²) in [5.41, 5.74) is 10.9. The zero-order valence-corrected chi connectivity index (χ0v) is 21.0. The summed E-state index contributed by atoms with van der Waals surface area (Å²) in [7, 11) is 0. The molecule has 0 saturated heterocycles. The summed E-state index contributed by atoms with van der Waals surface area (Å²) < 4.78 is 3.50. The molecule has 0 unspecified atom stereocenters. The van der Waals surface area contributed by atoms with Gasteiger partial charge in [-0.25, -0.2) is 4.98 Å². The van der Waals surface area contributed by atoms with Crippen molar-refractivity contribution in [3.63, 3.8) is 0 Å². The van der Waals surface area contributed by atoms with Gasteiger partial charge in [-0.15, -0.1) is 0 Å². The number of aromatic nitrogens is 5. The lowest BCUT2D eigenvalue weighted by molar-refractivity contribution is 0.200. The highest BCUT2D eigenvalue weighted by molar-refractivity contribution is 5.69. The number of aryl methyl sites for hydroxylation is 3. The van der Waals surface area contributed by atoms with E-state index >= 15 is 0 Å². The van der Waals surface area contributed by atoms with E-state index in [1.807, 2.05) is 59.2 Å². The van der Waals surface area contributed by atoms with E-state index in [4.69, 9.17) is 5.73 Å². The summed E-state index contributed by atoms with van der Waals surface area (Å²) in [5, 5.41) is 31.6. The van der Waals surface area contributed by atoms with Crippen molar-refractivity contribution in [2.45, 2.75) is 79.7 Å². The molecule has 1 aliphatic rings. The quantitative estimate of drug-likeness (QED) is 0.495. The maximum Gasteiger partial charge on any atom is 0.163 e. The number of fused-ring (bicyclic) bond motifs is 1. The van der Waals surface area contributed by atoms with Crippen LogP contribution in [0.1, 0.15) is 75.7 Å². The maximum atomic E-state index is 9.65. The standard InChI is InChI=1S/C20H26N8O.2C2H6/c1-4-15-13(3)25-27-17(22)16(10-21)18(24-19(15)27)23-8-5-14-9-12(2)28(26-14)20(11-29)6-7-20;2*1-2/h9,29H,4-8,11,22H2,1-3H3,(H,23,24);2*1-2H3. The Labute approximate surface area is 196 Å². The highest BCUT2D eigenvalue weighted by Gasteiger charge is 2.45. The van der Waals surface area contributed by atoms with Crippen molar-refractivity contribution < 1.29 is 5.11 Å². The lowest BCUT2D eigenvalue weighted by Gasteiger charge is -2.14. The third-order valence-electron chi connectivity index (χ3n) is 5.74. The lowest BCUT2D eigenvalue weighted by atomic mass is 10.2. The van der Waals surface area contributed by atoms with Gasteiger partial charge in [0, 0.05) is 24.2 Å². The Balaban J connectivity index is 0.000000914. The Bertz CT molecular complexity index is 1120. The van der Waals surface area contributed by atoms with Crippen molar-refractivity contribution in [1.82, 2.24) is 24.4 Å². The number of nitrogen functional groups attached to an aromatic ring is 1. The fourth-order valence-corrected chi connectivity index (χ4v) is 3.90. The third-order valence-corrected chi connectivity index (χ3v) is 5.74. The van der Waals surface area contributed by atoms with Crippen molar-refractivity contribution in [2.24, 2.45) is 0 Å². The number of rotatable bonds is 7. The molecule has 9 heteroatoms. The summed E-state index contributed by atoms with van der Waals surface area (Å²) >= 11 is 0. The zero-order valence-electron chi connectivity index (χ0n) is 21.0. The average Bonchev–Trinajstić information content (AvgIpc) is 3.44. The molecule has 3 aromatic heterocycles. The zero-order chi connectivity index (χ0) is 24.8. The molecule has 0 atom stereocenters. The molecule has 3 aromatic rings. The molecule has 3 heterocycles. The van der Waals surface area contributed by atoms with Crippen LogP contribution in [-0.4, -0.2) is 42.6 Å². The molecule has 33 heavy (non-hydrogen) atoms. The molecule has 1 aliphatic carbocycles. The van der Waals surface area contributed by atoms with Gasteiger partial charge in [-0.2, -0.15) is 20.0 Å². The van der Waals surface area contributed by atoms with Crippen LogP contribution in [0, 0.1) is 25.2 Å². The van der Waals surface area contributed by atoms with Crippen molar-refractivity contribution in [1.29, 1.82) is 5.26 Å². The fourth-order valence-electron chi connectivity index (χ4n) is 3.90. The smallest absolute Gasteiger partial charge is 0.163 e. The van der Waals surface area contributed by atoms with Gasteiger partial charge in [-0.1, -0.05) is 34.6 Å². The van der Waals surface area contributed by atoms with Gasteiger partial charge in [0.2, 0.25) is 0 Å². The minimum Gasteiger partial charge on any atom is -0.394 e. The molecule has 0 bridgehead atoms. The van der Waals surface area contributed by atoms with Crippen LogP contribution in [-0.2, 0) is 18.4 Å². The Morgan fingerprint density at radius 1 is 1.21 bits per heavy atom. The van der Waals surface area contributed by atoms with Gasteiger partial charge in [0.15, 0.2) is 5.65 Å².